The number of ether oxygens (including phenoxy) is 1. The summed E-state index contributed by atoms with van der Waals surface area (Å²) in [6.07, 6.45) is 0.174. The highest BCUT2D eigenvalue weighted by Gasteiger charge is 2.28. The molecule has 2 aromatic carbocycles. The Morgan fingerprint density at radius 1 is 1.13 bits per heavy atom. The second-order valence-electron chi connectivity index (χ2n) is 7.07. The topological polar surface area (TPSA) is 79.0 Å². The molecule has 168 valence electrons. The predicted octanol–water partition coefficient (Wildman–Crippen LogP) is 3.21. The molecular formula is C21H25ClFN3O4S. The summed E-state index contributed by atoms with van der Waals surface area (Å²) in [5.74, 6) is -0.275. The van der Waals surface area contributed by atoms with Crippen molar-refractivity contribution >= 4 is 33.2 Å². The number of nitrogens with one attached hydrogen (secondary N) is 1. The van der Waals surface area contributed by atoms with E-state index in [1.807, 2.05) is 11.8 Å². The van der Waals surface area contributed by atoms with Gasteiger partial charge >= 0.3 is 0 Å². The van der Waals surface area contributed by atoms with Crippen molar-refractivity contribution in [1.82, 2.24) is 9.21 Å². The molecule has 1 N–H and O–H groups in total. The maximum atomic E-state index is 13.8. The zero-order valence-electron chi connectivity index (χ0n) is 17.2. The quantitative estimate of drug-likeness (QED) is 0.642. The molecule has 3 rings (SSSR count). The summed E-state index contributed by atoms with van der Waals surface area (Å²) in [5.41, 5.74) is 0.0840. The number of hydrogen-bond donors (Lipinski definition) is 1. The molecule has 1 aliphatic rings. The highest BCUT2D eigenvalue weighted by Crippen LogP contribution is 2.21. The Labute approximate surface area is 186 Å². The Kier molecular flexibility index (Phi) is 7.88. The summed E-state index contributed by atoms with van der Waals surface area (Å²) in [6, 6.07) is 10.5. The van der Waals surface area contributed by atoms with Crippen LogP contribution in [0.4, 0.5) is 10.1 Å². The minimum absolute atomic E-state index is 0.0840. The van der Waals surface area contributed by atoms with Crippen LogP contribution in [0.15, 0.2) is 47.4 Å². The SMILES string of the molecule is CCOc1ccc(S(=O)(=O)N2CCN(CCC(=O)Nc3ccc(Cl)cc3F)CC2)cc1. The first-order chi connectivity index (χ1) is 14.8. The maximum absolute atomic E-state index is 13.8. The molecule has 2 aromatic rings. The lowest BCUT2D eigenvalue weighted by molar-refractivity contribution is -0.116. The minimum Gasteiger partial charge on any atom is -0.494 e. The Morgan fingerprint density at radius 3 is 2.42 bits per heavy atom. The molecule has 31 heavy (non-hydrogen) atoms. The number of carbonyl (C=O) groups is 1. The molecular weight excluding hydrogens is 445 g/mol. The summed E-state index contributed by atoms with van der Waals surface area (Å²) < 4.78 is 46.3. The lowest BCUT2D eigenvalue weighted by Gasteiger charge is -2.33. The third-order valence-electron chi connectivity index (χ3n) is 4.96. The molecule has 0 aromatic heterocycles. The molecule has 10 heteroatoms. The molecule has 1 fully saturated rings. The number of halogens is 2. The number of carbonyl (C=O) groups excluding carboxylic acids is 1. The van der Waals surface area contributed by atoms with E-state index in [-0.39, 0.29) is 27.9 Å². The lowest BCUT2D eigenvalue weighted by Crippen LogP contribution is -2.49. The fourth-order valence-electron chi connectivity index (χ4n) is 3.28. The van der Waals surface area contributed by atoms with E-state index < -0.39 is 15.8 Å². The van der Waals surface area contributed by atoms with Gasteiger partial charge in [-0.1, -0.05) is 11.6 Å². The molecule has 0 saturated carbocycles. The van der Waals surface area contributed by atoms with E-state index in [1.165, 1.54) is 16.4 Å². The van der Waals surface area contributed by atoms with Crippen molar-refractivity contribution in [2.24, 2.45) is 0 Å². The van der Waals surface area contributed by atoms with E-state index in [4.69, 9.17) is 16.3 Å². The number of rotatable bonds is 8. The molecule has 0 radical (unpaired) electrons. The number of sulfonamides is 1. The Morgan fingerprint density at radius 2 is 1.81 bits per heavy atom. The van der Waals surface area contributed by atoms with E-state index in [0.717, 1.165) is 6.07 Å². The van der Waals surface area contributed by atoms with Crippen molar-refractivity contribution in [2.75, 3.05) is 44.6 Å². The first-order valence-electron chi connectivity index (χ1n) is 10.00. The first kappa shape index (κ1) is 23.5. The molecule has 1 amide bonds. The molecule has 0 atom stereocenters. The van der Waals surface area contributed by atoms with Gasteiger partial charge in [-0.3, -0.25) is 4.79 Å². The third kappa shape index (κ3) is 6.16. The van der Waals surface area contributed by atoms with Gasteiger partial charge in [-0.2, -0.15) is 4.31 Å². The van der Waals surface area contributed by atoms with Crippen molar-refractivity contribution in [3.05, 3.63) is 53.3 Å². The molecule has 1 aliphatic heterocycles. The van der Waals surface area contributed by atoms with Gasteiger partial charge < -0.3 is 15.0 Å². The molecule has 7 nitrogen and oxygen atoms in total. The van der Waals surface area contributed by atoms with Crippen LogP contribution < -0.4 is 10.1 Å². The van der Waals surface area contributed by atoms with Gasteiger partial charge in [-0.05, 0) is 49.4 Å². The highest BCUT2D eigenvalue weighted by atomic mass is 35.5. The smallest absolute Gasteiger partial charge is 0.243 e. The van der Waals surface area contributed by atoms with Gasteiger partial charge in [-0.15, -0.1) is 0 Å². The van der Waals surface area contributed by atoms with Crippen molar-refractivity contribution in [3.8, 4) is 5.75 Å². The van der Waals surface area contributed by atoms with E-state index in [0.29, 0.717) is 45.1 Å². The summed E-state index contributed by atoms with van der Waals surface area (Å²) in [6.45, 7) is 4.53. The van der Waals surface area contributed by atoms with Crippen LogP contribution in [0, 0.1) is 5.82 Å². The zero-order chi connectivity index (χ0) is 22.4. The number of piperazine rings is 1. The van der Waals surface area contributed by atoms with Crippen molar-refractivity contribution in [3.63, 3.8) is 0 Å². The largest absolute Gasteiger partial charge is 0.494 e. The standard InChI is InChI=1S/C21H25ClFN3O4S/c1-2-30-17-4-6-18(7-5-17)31(28,29)26-13-11-25(12-14-26)10-9-21(27)24-20-8-3-16(22)15-19(20)23/h3-8,15H,2,9-14H2,1H3,(H,24,27). The molecule has 1 saturated heterocycles. The van der Waals surface area contributed by atoms with Crippen LogP contribution in [0.25, 0.3) is 0 Å². The van der Waals surface area contributed by atoms with Gasteiger partial charge in [0.2, 0.25) is 15.9 Å². The number of benzene rings is 2. The second-order valence-corrected chi connectivity index (χ2v) is 9.45. The minimum atomic E-state index is -3.58. The van der Waals surface area contributed by atoms with Gasteiger partial charge in [0.15, 0.2) is 0 Å². The van der Waals surface area contributed by atoms with Gasteiger partial charge in [0.05, 0.1) is 17.2 Å². The van der Waals surface area contributed by atoms with Crippen molar-refractivity contribution in [2.45, 2.75) is 18.2 Å². The Balaban J connectivity index is 1.48. The Bertz CT molecular complexity index is 1010. The van der Waals surface area contributed by atoms with E-state index in [9.17, 15) is 17.6 Å². The van der Waals surface area contributed by atoms with Gasteiger partial charge in [0.25, 0.3) is 0 Å². The monoisotopic (exact) mass is 469 g/mol. The summed E-state index contributed by atoms with van der Waals surface area (Å²) >= 11 is 5.71. The van der Waals surface area contributed by atoms with E-state index in [2.05, 4.69) is 5.32 Å². The normalized spacial score (nSPS) is 15.6. The summed E-state index contributed by atoms with van der Waals surface area (Å²) in [7, 11) is -3.58. The second kappa shape index (κ2) is 10.4. The fourth-order valence-corrected chi connectivity index (χ4v) is 4.86. The van der Waals surface area contributed by atoms with Gasteiger partial charge in [0.1, 0.15) is 11.6 Å². The van der Waals surface area contributed by atoms with Crippen LogP contribution in [0.2, 0.25) is 5.02 Å². The number of anilines is 1. The van der Waals surface area contributed by atoms with Crippen molar-refractivity contribution < 1.29 is 22.3 Å². The van der Waals surface area contributed by atoms with Crippen LogP contribution >= 0.6 is 11.6 Å². The fraction of sp³-hybridized carbons (Fsp3) is 0.381. The average Bonchev–Trinajstić information content (AvgIpc) is 2.75. The molecule has 0 bridgehead atoms. The third-order valence-corrected chi connectivity index (χ3v) is 7.11. The van der Waals surface area contributed by atoms with Crippen LogP contribution in [-0.4, -0.2) is 62.9 Å². The maximum Gasteiger partial charge on any atom is 0.243 e. The molecule has 0 aliphatic carbocycles. The van der Waals surface area contributed by atoms with E-state index >= 15 is 0 Å². The molecule has 0 spiro atoms. The first-order valence-corrected chi connectivity index (χ1v) is 11.8. The molecule has 0 unspecified atom stereocenters. The number of hydrogen-bond acceptors (Lipinski definition) is 5. The van der Waals surface area contributed by atoms with Crippen LogP contribution in [-0.2, 0) is 14.8 Å². The summed E-state index contributed by atoms with van der Waals surface area (Å²) in [4.78, 5) is 14.4. The van der Waals surface area contributed by atoms with Crippen molar-refractivity contribution in [1.29, 1.82) is 0 Å². The average molecular weight is 470 g/mol. The van der Waals surface area contributed by atoms with Crippen LogP contribution in [0.1, 0.15) is 13.3 Å². The lowest BCUT2D eigenvalue weighted by atomic mass is 10.2. The van der Waals surface area contributed by atoms with Crippen LogP contribution in [0.5, 0.6) is 5.75 Å². The number of nitrogens with zero attached hydrogens (tertiary/aromatic N) is 2. The summed E-state index contributed by atoms with van der Waals surface area (Å²) in [5, 5.41) is 2.79. The molecule has 1 heterocycles. The Hall–Kier alpha value is -2.20. The van der Waals surface area contributed by atoms with Gasteiger partial charge in [0, 0.05) is 44.2 Å². The van der Waals surface area contributed by atoms with Crippen LogP contribution in [0.3, 0.4) is 0 Å². The zero-order valence-corrected chi connectivity index (χ0v) is 18.8. The number of amides is 1. The predicted molar refractivity (Wildman–Crippen MR) is 117 cm³/mol. The van der Waals surface area contributed by atoms with E-state index in [1.54, 1.807) is 24.3 Å². The highest BCUT2D eigenvalue weighted by molar-refractivity contribution is 7.89. The van der Waals surface area contributed by atoms with Gasteiger partial charge in [-0.25, -0.2) is 12.8 Å².